The van der Waals surface area contributed by atoms with E-state index >= 15 is 0 Å². The molecule has 1 aromatic heterocycles. The van der Waals surface area contributed by atoms with Crippen LogP contribution >= 0.6 is 0 Å². The molecule has 1 rings (SSSR count). The second-order valence-corrected chi connectivity index (χ2v) is 4.20. The van der Waals surface area contributed by atoms with Crippen molar-refractivity contribution in [3.63, 3.8) is 0 Å². The van der Waals surface area contributed by atoms with Crippen molar-refractivity contribution in [3.8, 4) is 6.07 Å². The summed E-state index contributed by atoms with van der Waals surface area (Å²) in [6.07, 6.45) is 0. The summed E-state index contributed by atoms with van der Waals surface area (Å²) in [5, 5.41) is 8.89. The fourth-order valence-electron chi connectivity index (χ4n) is 1.45. The zero-order chi connectivity index (χ0) is 12.3. The molecule has 4 heteroatoms. The van der Waals surface area contributed by atoms with Crippen LogP contribution in [0.1, 0.15) is 56.6 Å². The van der Waals surface area contributed by atoms with E-state index in [1.54, 1.807) is 0 Å². The van der Waals surface area contributed by atoms with E-state index in [4.69, 9.17) is 11.8 Å². The van der Waals surface area contributed by atoms with E-state index < -0.39 is 0 Å². The van der Waals surface area contributed by atoms with Crippen molar-refractivity contribution in [3.05, 3.63) is 28.5 Å². The quantitative estimate of drug-likeness (QED) is 0.710. The lowest BCUT2D eigenvalue weighted by atomic mass is 10.0. The maximum atomic E-state index is 8.89. The molecule has 0 aliphatic carbocycles. The van der Waals surface area contributed by atoms with Gasteiger partial charge in [-0.25, -0.2) is 4.98 Å². The predicted octanol–water partition coefficient (Wildman–Crippen LogP) is 3.15. The molecule has 82 valence electrons. The van der Waals surface area contributed by atoms with E-state index in [9.17, 15) is 0 Å². The molecule has 1 heterocycles. The molecule has 0 aromatic carbocycles. The molecule has 0 saturated carbocycles. The molecule has 1 aromatic rings. The Balaban J connectivity index is 3.51. The van der Waals surface area contributed by atoms with Gasteiger partial charge in [0, 0.05) is 5.92 Å². The van der Waals surface area contributed by atoms with E-state index in [1.165, 1.54) is 0 Å². The second-order valence-electron chi connectivity index (χ2n) is 4.20. The van der Waals surface area contributed by atoms with Crippen LogP contribution in [0.4, 0.5) is 5.82 Å². The number of hydrogen-bond donors (Lipinski definition) is 0. The first-order valence-corrected chi connectivity index (χ1v) is 5.20. The van der Waals surface area contributed by atoms with E-state index in [0.29, 0.717) is 0 Å². The Morgan fingerprint density at radius 3 is 2.00 bits per heavy atom. The van der Waals surface area contributed by atoms with Crippen LogP contribution in [-0.4, -0.2) is 9.97 Å². The standard InChI is InChI=1S/C12H14N4/c1-7(2)10-11(8(3)4)16-12(14-5)9(6-13)15-10/h7-8H,1-4H3. The molecule has 0 aliphatic heterocycles. The molecular formula is C12H14N4. The summed E-state index contributed by atoms with van der Waals surface area (Å²) in [6, 6.07) is 1.92. The normalized spacial score (nSPS) is 10.2. The van der Waals surface area contributed by atoms with Crippen LogP contribution in [0.5, 0.6) is 0 Å². The highest BCUT2D eigenvalue weighted by molar-refractivity contribution is 5.50. The molecule has 0 unspecified atom stereocenters. The Morgan fingerprint density at radius 2 is 1.62 bits per heavy atom. The Morgan fingerprint density at radius 1 is 1.12 bits per heavy atom. The van der Waals surface area contributed by atoms with E-state index in [1.807, 2.05) is 33.8 Å². The first-order valence-electron chi connectivity index (χ1n) is 5.20. The third-order valence-electron chi connectivity index (χ3n) is 2.24. The topological polar surface area (TPSA) is 53.9 Å². The molecule has 0 amide bonds. The van der Waals surface area contributed by atoms with Crippen LogP contribution in [0.3, 0.4) is 0 Å². The summed E-state index contributed by atoms with van der Waals surface area (Å²) < 4.78 is 0. The van der Waals surface area contributed by atoms with Crippen molar-refractivity contribution in [1.82, 2.24) is 9.97 Å². The third-order valence-corrected chi connectivity index (χ3v) is 2.24. The summed E-state index contributed by atoms with van der Waals surface area (Å²) in [5.74, 6) is 0.519. The van der Waals surface area contributed by atoms with Crippen LogP contribution in [0, 0.1) is 17.9 Å². The fourth-order valence-corrected chi connectivity index (χ4v) is 1.45. The van der Waals surface area contributed by atoms with Crippen molar-refractivity contribution in [2.45, 2.75) is 39.5 Å². The number of nitriles is 1. The summed E-state index contributed by atoms with van der Waals surface area (Å²) in [4.78, 5) is 11.7. The minimum absolute atomic E-state index is 0.107. The Labute approximate surface area is 95.8 Å². The van der Waals surface area contributed by atoms with Gasteiger partial charge in [0.2, 0.25) is 0 Å². The van der Waals surface area contributed by atoms with Gasteiger partial charge in [-0.3, -0.25) is 0 Å². The summed E-state index contributed by atoms with van der Waals surface area (Å²) in [5.41, 5.74) is 1.77. The summed E-state index contributed by atoms with van der Waals surface area (Å²) >= 11 is 0. The third kappa shape index (κ3) is 2.17. The van der Waals surface area contributed by atoms with E-state index in [-0.39, 0.29) is 23.3 Å². The van der Waals surface area contributed by atoms with Crippen LogP contribution in [-0.2, 0) is 0 Å². The van der Waals surface area contributed by atoms with Gasteiger partial charge in [0.25, 0.3) is 0 Å². The zero-order valence-electron chi connectivity index (χ0n) is 9.94. The van der Waals surface area contributed by atoms with Gasteiger partial charge in [0.05, 0.1) is 5.69 Å². The Kier molecular flexibility index (Phi) is 3.58. The maximum absolute atomic E-state index is 8.89. The number of nitrogens with zero attached hydrogens (tertiary/aromatic N) is 4. The second kappa shape index (κ2) is 4.72. The molecule has 0 radical (unpaired) electrons. The highest BCUT2D eigenvalue weighted by atomic mass is 15.0. The van der Waals surface area contributed by atoms with Gasteiger partial charge in [0.15, 0.2) is 11.4 Å². The van der Waals surface area contributed by atoms with E-state index in [0.717, 1.165) is 11.4 Å². The number of rotatable bonds is 2. The van der Waals surface area contributed by atoms with Crippen LogP contribution in [0.2, 0.25) is 0 Å². The molecule has 0 bridgehead atoms. The monoisotopic (exact) mass is 214 g/mol. The zero-order valence-corrected chi connectivity index (χ0v) is 9.94. The summed E-state index contributed by atoms with van der Waals surface area (Å²) in [6.45, 7) is 15.0. The van der Waals surface area contributed by atoms with Gasteiger partial charge in [0.1, 0.15) is 6.07 Å². The first-order chi connectivity index (χ1) is 7.51. The van der Waals surface area contributed by atoms with Crippen LogP contribution in [0.25, 0.3) is 4.85 Å². The van der Waals surface area contributed by atoms with Crippen molar-refractivity contribution in [2.75, 3.05) is 0 Å². The lowest BCUT2D eigenvalue weighted by Gasteiger charge is -2.11. The van der Waals surface area contributed by atoms with Crippen LogP contribution < -0.4 is 0 Å². The smallest absolute Gasteiger partial charge is 0.306 e. The molecule has 0 N–H and O–H groups in total. The van der Waals surface area contributed by atoms with Gasteiger partial charge < -0.3 is 4.85 Å². The molecular weight excluding hydrogens is 200 g/mol. The van der Waals surface area contributed by atoms with Crippen LogP contribution in [0.15, 0.2) is 0 Å². The molecule has 0 fully saturated rings. The van der Waals surface area contributed by atoms with Crippen molar-refractivity contribution < 1.29 is 0 Å². The summed E-state index contributed by atoms with van der Waals surface area (Å²) in [7, 11) is 0. The average Bonchev–Trinajstić information content (AvgIpc) is 2.26. The maximum Gasteiger partial charge on any atom is 0.306 e. The number of aromatic nitrogens is 2. The van der Waals surface area contributed by atoms with Gasteiger partial charge in [-0.05, 0) is 5.92 Å². The number of hydrogen-bond acceptors (Lipinski definition) is 3. The molecule has 0 aliphatic rings. The van der Waals surface area contributed by atoms with Crippen molar-refractivity contribution in [2.24, 2.45) is 0 Å². The Hall–Kier alpha value is -1.94. The van der Waals surface area contributed by atoms with Gasteiger partial charge >= 0.3 is 5.82 Å². The first kappa shape index (κ1) is 12.1. The van der Waals surface area contributed by atoms with Gasteiger partial charge in [-0.15, -0.1) is 4.98 Å². The SMILES string of the molecule is [C-]#[N+]c1nc(C(C)C)c(C(C)C)nc1C#N. The van der Waals surface area contributed by atoms with Gasteiger partial charge in [-0.1, -0.05) is 34.3 Å². The highest BCUT2D eigenvalue weighted by Gasteiger charge is 2.20. The van der Waals surface area contributed by atoms with Crippen molar-refractivity contribution in [1.29, 1.82) is 5.26 Å². The lowest BCUT2D eigenvalue weighted by Crippen LogP contribution is -2.06. The molecule has 0 saturated heterocycles. The van der Waals surface area contributed by atoms with E-state index in [2.05, 4.69) is 14.8 Å². The lowest BCUT2D eigenvalue weighted by molar-refractivity contribution is 0.727. The molecule has 0 atom stereocenters. The minimum Gasteiger partial charge on any atom is -0.358 e. The Bertz CT molecular complexity index is 430. The molecule has 4 nitrogen and oxygen atoms in total. The van der Waals surface area contributed by atoms with Crippen molar-refractivity contribution >= 4 is 5.82 Å². The molecule has 16 heavy (non-hydrogen) atoms. The predicted molar refractivity (Wildman–Crippen MR) is 61.2 cm³/mol. The highest BCUT2D eigenvalue weighted by Crippen LogP contribution is 2.26. The average molecular weight is 214 g/mol. The molecule has 0 spiro atoms. The minimum atomic E-state index is 0.107. The van der Waals surface area contributed by atoms with Gasteiger partial charge in [-0.2, -0.15) is 5.26 Å². The fraction of sp³-hybridized carbons (Fsp3) is 0.500. The largest absolute Gasteiger partial charge is 0.358 e.